The molecule has 0 saturated carbocycles. The summed E-state index contributed by atoms with van der Waals surface area (Å²) in [5, 5.41) is 9.53. The molecule has 0 aliphatic carbocycles. The highest BCUT2D eigenvalue weighted by atomic mass is 35.5. The summed E-state index contributed by atoms with van der Waals surface area (Å²) >= 11 is 15.5. The number of carbonyl (C=O) groups is 1. The fraction of sp³-hybridized carbons (Fsp3) is 0.933. The third kappa shape index (κ3) is 29.0. The van der Waals surface area contributed by atoms with E-state index in [2.05, 4.69) is 26.5 Å². The van der Waals surface area contributed by atoms with Gasteiger partial charge in [-0.15, -0.1) is 35.0 Å². The van der Waals surface area contributed by atoms with Crippen LogP contribution < -0.4 is 0 Å². The maximum absolute atomic E-state index is 9.17. The lowest BCUT2D eigenvalue weighted by Crippen LogP contribution is -2.20. The van der Waals surface area contributed by atoms with Crippen LogP contribution in [-0.4, -0.2) is 45.9 Å². The second-order valence-corrected chi connectivity index (χ2v) is 7.77. The number of thioether (sulfide) groups is 1. The minimum absolute atomic E-state index is 0.194. The molecule has 1 heterocycles. The number of aliphatic hydroxyl groups excluding tert-OH is 1. The van der Waals surface area contributed by atoms with Crippen LogP contribution in [0.2, 0.25) is 0 Å². The van der Waals surface area contributed by atoms with Crippen LogP contribution in [0.1, 0.15) is 53.4 Å². The summed E-state index contributed by atoms with van der Waals surface area (Å²) in [6.07, 6.45) is 4.68. The Morgan fingerprint density at radius 1 is 1.45 bits per heavy atom. The summed E-state index contributed by atoms with van der Waals surface area (Å²) in [6.45, 7) is 9.44. The summed E-state index contributed by atoms with van der Waals surface area (Å²) in [7, 11) is 0. The van der Waals surface area contributed by atoms with Gasteiger partial charge in [0.1, 0.15) is 11.7 Å². The van der Waals surface area contributed by atoms with E-state index >= 15 is 0 Å². The van der Waals surface area contributed by atoms with Gasteiger partial charge in [-0.25, -0.2) is 0 Å². The fourth-order valence-corrected chi connectivity index (χ4v) is 2.37. The van der Waals surface area contributed by atoms with Gasteiger partial charge in [-0.05, 0) is 19.3 Å². The Morgan fingerprint density at radius 3 is 2.14 bits per heavy atom. The van der Waals surface area contributed by atoms with Gasteiger partial charge in [0.2, 0.25) is 0 Å². The maximum atomic E-state index is 9.17. The summed E-state index contributed by atoms with van der Waals surface area (Å²) < 4.78 is 5.46. The van der Waals surface area contributed by atoms with Gasteiger partial charge in [0, 0.05) is 30.1 Å². The lowest BCUT2D eigenvalue weighted by atomic mass is 10.3. The van der Waals surface area contributed by atoms with Crippen LogP contribution in [0.4, 0.5) is 0 Å². The molecule has 0 aromatic heterocycles. The topological polar surface area (TPSA) is 46.5 Å². The normalized spacial score (nSPS) is 20.9. The quantitative estimate of drug-likeness (QED) is 0.401. The van der Waals surface area contributed by atoms with Crippen LogP contribution in [0.25, 0.3) is 0 Å². The second kappa shape index (κ2) is 24.1. The average Bonchev–Trinajstić information content (AvgIpc) is 2.49. The third-order valence-electron chi connectivity index (χ3n) is 2.26. The van der Waals surface area contributed by atoms with Crippen molar-refractivity contribution in [3.8, 4) is 0 Å². The molecule has 7 heteroatoms. The molecule has 1 aliphatic rings. The van der Waals surface area contributed by atoms with Crippen molar-refractivity contribution in [2.45, 2.75) is 69.3 Å². The van der Waals surface area contributed by atoms with Crippen molar-refractivity contribution in [3.05, 3.63) is 0 Å². The molecule has 1 N–H and O–H groups in total. The highest BCUT2D eigenvalue weighted by Crippen LogP contribution is 2.28. The zero-order valence-corrected chi connectivity index (χ0v) is 17.4. The van der Waals surface area contributed by atoms with Crippen molar-refractivity contribution in [1.82, 2.24) is 0 Å². The maximum Gasteiger partial charge on any atom is 0.119 e. The largest absolute Gasteiger partial charge is 0.396 e. The fourth-order valence-electron chi connectivity index (χ4n) is 1.13. The highest BCUT2D eigenvalue weighted by Gasteiger charge is 2.17. The van der Waals surface area contributed by atoms with E-state index in [0.29, 0.717) is 17.1 Å². The number of thiol groups is 1. The average molecular weight is 395 g/mol. The monoisotopic (exact) mass is 394 g/mol. The van der Waals surface area contributed by atoms with Gasteiger partial charge in [-0.3, -0.25) is 0 Å². The first-order valence-corrected chi connectivity index (χ1v) is 10.1. The minimum atomic E-state index is 0.194. The SMILES string of the molecule is CC(S)CCO.CCC1OCCC(C)S1.CCC=O.ClCCl. The van der Waals surface area contributed by atoms with Gasteiger partial charge < -0.3 is 14.6 Å². The molecule has 0 aromatic carbocycles. The number of aliphatic hydroxyl groups is 1. The first kappa shape index (κ1) is 27.7. The van der Waals surface area contributed by atoms with Crippen molar-refractivity contribution >= 4 is 53.9 Å². The summed E-state index contributed by atoms with van der Waals surface area (Å²) in [4.78, 5) is 9.17. The standard InChI is InChI=1S/C7H14OS.C4H10OS.C3H6O.CH2Cl2/c1-3-7-8-5-4-6(2)9-7;1-4(6)2-3-5;1-2-3-4;2-1-3/h6-7H,3-5H2,1-2H3;4-6H,2-3H2,1H3;3H,2H2,1H3;1H2. The predicted molar refractivity (Wildman–Crippen MR) is 105 cm³/mol. The number of ether oxygens (including phenoxy) is 1. The third-order valence-corrected chi connectivity index (χ3v) is 3.99. The molecule has 1 saturated heterocycles. The van der Waals surface area contributed by atoms with Crippen LogP contribution in [0.3, 0.4) is 0 Å². The summed E-state index contributed by atoms with van der Waals surface area (Å²) in [5.41, 5.74) is 0.480. The second-order valence-electron chi connectivity index (χ2n) is 4.48. The molecule has 0 spiro atoms. The Kier molecular flexibility index (Phi) is 30.4. The Morgan fingerprint density at radius 2 is 1.95 bits per heavy atom. The van der Waals surface area contributed by atoms with E-state index in [1.54, 1.807) is 0 Å². The minimum Gasteiger partial charge on any atom is -0.396 e. The van der Waals surface area contributed by atoms with Gasteiger partial charge >= 0.3 is 0 Å². The number of rotatable bonds is 4. The smallest absolute Gasteiger partial charge is 0.119 e. The molecule has 3 atom stereocenters. The molecular formula is C15H32Cl2O3S2. The van der Waals surface area contributed by atoms with E-state index in [4.69, 9.17) is 33.0 Å². The zero-order chi connectivity index (χ0) is 17.8. The summed E-state index contributed by atoms with van der Waals surface area (Å²) in [5.74, 6) is 0. The molecular weight excluding hydrogens is 363 g/mol. The molecule has 1 fully saturated rings. The van der Waals surface area contributed by atoms with E-state index in [0.717, 1.165) is 31.0 Å². The molecule has 1 aliphatic heterocycles. The van der Waals surface area contributed by atoms with Crippen LogP contribution >= 0.6 is 47.6 Å². The van der Waals surface area contributed by atoms with E-state index in [1.165, 1.54) is 6.42 Å². The molecule has 3 unspecified atom stereocenters. The Bertz CT molecular complexity index is 211. The van der Waals surface area contributed by atoms with Crippen molar-refractivity contribution in [1.29, 1.82) is 0 Å². The van der Waals surface area contributed by atoms with E-state index in [-0.39, 0.29) is 11.9 Å². The highest BCUT2D eigenvalue weighted by molar-refractivity contribution is 8.00. The van der Waals surface area contributed by atoms with Crippen LogP contribution in [-0.2, 0) is 9.53 Å². The van der Waals surface area contributed by atoms with E-state index in [9.17, 15) is 4.79 Å². The van der Waals surface area contributed by atoms with Crippen molar-refractivity contribution in [2.24, 2.45) is 0 Å². The first-order valence-electron chi connectivity index (χ1n) is 7.54. The van der Waals surface area contributed by atoms with Gasteiger partial charge in [-0.1, -0.05) is 27.7 Å². The lowest BCUT2D eigenvalue weighted by molar-refractivity contribution is -0.107. The van der Waals surface area contributed by atoms with Gasteiger partial charge in [-0.2, -0.15) is 12.6 Å². The van der Waals surface area contributed by atoms with Gasteiger partial charge in [0.05, 0.1) is 5.34 Å². The van der Waals surface area contributed by atoms with Crippen molar-refractivity contribution in [2.75, 3.05) is 18.6 Å². The zero-order valence-electron chi connectivity index (χ0n) is 14.1. The molecule has 0 aromatic rings. The lowest BCUT2D eigenvalue weighted by Gasteiger charge is -2.25. The number of hydrogen-bond acceptors (Lipinski definition) is 5. The molecule has 0 bridgehead atoms. The molecule has 1 rings (SSSR count). The van der Waals surface area contributed by atoms with Gasteiger partial charge in [0.15, 0.2) is 0 Å². The molecule has 136 valence electrons. The van der Waals surface area contributed by atoms with Crippen molar-refractivity contribution in [3.63, 3.8) is 0 Å². The Balaban J connectivity index is -0.000000243. The van der Waals surface area contributed by atoms with Crippen LogP contribution in [0.15, 0.2) is 0 Å². The number of carbonyl (C=O) groups excluding carboxylic acids is 1. The van der Waals surface area contributed by atoms with Gasteiger partial charge in [0.25, 0.3) is 0 Å². The van der Waals surface area contributed by atoms with Crippen LogP contribution in [0.5, 0.6) is 0 Å². The molecule has 3 nitrogen and oxygen atoms in total. The predicted octanol–water partition coefficient (Wildman–Crippen LogP) is 4.97. The van der Waals surface area contributed by atoms with Crippen LogP contribution in [0, 0.1) is 0 Å². The van der Waals surface area contributed by atoms with E-state index < -0.39 is 0 Å². The molecule has 22 heavy (non-hydrogen) atoms. The van der Waals surface area contributed by atoms with E-state index in [1.807, 2.05) is 25.6 Å². The number of aldehydes is 1. The first-order chi connectivity index (χ1) is 10.4. The van der Waals surface area contributed by atoms with Crippen molar-refractivity contribution < 1.29 is 14.6 Å². The Hall–Kier alpha value is 0.870. The number of alkyl halides is 2. The Labute approximate surface area is 156 Å². The number of hydrogen-bond donors (Lipinski definition) is 2. The molecule has 0 amide bonds. The molecule has 0 radical (unpaired) electrons. The number of halogens is 2. The summed E-state index contributed by atoms with van der Waals surface area (Å²) in [6, 6.07) is 0.